The van der Waals surface area contributed by atoms with E-state index in [1.807, 2.05) is 0 Å². The number of benzene rings is 1. The van der Waals surface area contributed by atoms with Crippen molar-refractivity contribution in [3.8, 4) is 0 Å². The van der Waals surface area contributed by atoms with E-state index in [0.29, 0.717) is 0 Å². The van der Waals surface area contributed by atoms with Crippen molar-refractivity contribution in [2.24, 2.45) is 4.99 Å². The molecule has 72 valence electrons. The molecule has 0 N–H and O–H groups in total. The molecule has 0 amide bonds. The van der Waals surface area contributed by atoms with E-state index in [1.54, 1.807) is 0 Å². The molecule has 0 aliphatic rings. The summed E-state index contributed by atoms with van der Waals surface area (Å²) in [5, 5.41) is 10.5. The highest BCUT2D eigenvalue weighted by atomic mass is 19.1. The third-order valence-corrected chi connectivity index (χ3v) is 1.59. The summed E-state index contributed by atoms with van der Waals surface area (Å²) in [5.41, 5.74) is -0.582. The Hall–Kier alpha value is -2.07. The van der Waals surface area contributed by atoms with Crippen LogP contribution in [0.3, 0.4) is 0 Å². The van der Waals surface area contributed by atoms with Crippen molar-refractivity contribution in [3.05, 3.63) is 33.6 Å². The van der Waals surface area contributed by atoms with Gasteiger partial charge in [-0.1, -0.05) is 0 Å². The zero-order valence-corrected chi connectivity index (χ0v) is 7.15. The summed E-state index contributed by atoms with van der Waals surface area (Å²) in [6.07, 6.45) is 1.14. The molecule has 0 saturated heterocycles. The first-order valence-corrected chi connectivity index (χ1v) is 3.58. The van der Waals surface area contributed by atoms with Gasteiger partial charge in [0.15, 0.2) is 5.69 Å². The fourth-order valence-electron chi connectivity index (χ4n) is 1.09. The van der Waals surface area contributed by atoms with E-state index < -0.39 is 10.7 Å². The number of carbonyl (C=O) groups excluding carboxylic acids is 1. The smallest absolute Gasteiger partial charge is 0.258 e. The maximum absolute atomic E-state index is 12.8. The number of nitro groups is 1. The molecule has 14 heavy (non-hydrogen) atoms. The lowest BCUT2D eigenvalue weighted by Crippen LogP contribution is -1.93. The Labute approximate surface area is 78.0 Å². The summed E-state index contributed by atoms with van der Waals surface area (Å²) >= 11 is 0. The Morgan fingerprint density at radius 1 is 1.57 bits per heavy atom. The largest absolute Gasteiger partial charge is 0.298 e. The fraction of sp³-hybridized carbons (Fsp3) is 0.125. The number of halogens is 1. The molecule has 0 aliphatic heterocycles. The van der Waals surface area contributed by atoms with Crippen LogP contribution in [0.5, 0.6) is 0 Å². The molecule has 0 aliphatic carbocycles. The molecule has 0 radical (unpaired) electrons. The van der Waals surface area contributed by atoms with Crippen molar-refractivity contribution < 1.29 is 14.1 Å². The van der Waals surface area contributed by atoms with Gasteiger partial charge in [-0.25, -0.2) is 9.18 Å². The minimum atomic E-state index is -0.717. The molecule has 0 spiro atoms. The van der Waals surface area contributed by atoms with Crippen LogP contribution >= 0.6 is 0 Å². The molecule has 1 aromatic carbocycles. The highest BCUT2D eigenvalue weighted by Gasteiger charge is 2.18. The summed E-state index contributed by atoms with van der Waals surface area (Å²) in [6, 6.07) is 1.82. The first-order chi connectivity index (χ1) is 6.56. The summed E-state index contributed by atoms with van der Waals surface area (Å²) in [5.74, 6) is -0.679. The van der Waals surface area contributed by atoms with Crippen LogP contribution in [-0.2, 0) is 4.79 Å². The Morgan fingerprint density at radius 2 is 2.21 bits per heavy atom. The van der Waals surface area contributed by atoms with Gasteiger partial charge in [-0.3, -0.25) is 10.1 Å². The van der Waals surface area contributed by atoms with Gasteiger partial charge in [-0.15, -0.1) is 0 Å². The molecule has 0 saturated carbocycles. The van der Waals surface area contributed by atoms with Crippen molar-refractivity contribution in [2.75, 3.05) is 0 Å². The molecule has 0 aromatic heterocycles. The number of hydrogen-bond donors (Lipinski definition) is 0. The second kappa shape index (κ2) is 3.76. The van der Waals surface area contributed by atoms with Crippen molar-refractivity contribution >= 4 is 17.5 Å². The van der Waals surface area contributed by atoms with E-state index in [9.17, 15) is 19.3 Å². The molecule has 1 rings (SSSR count). The van der Waals surface area contributed by atoms with Crippen LogP contribution in [-0.4, -0.2) is 11.0 Å². The van der Waals surface area contributed by atoms with Crippen molar-refractivity contribution in [1.29, 1.82) is 0 Å². The number of rotatable bonds is 2. The van der Waals surface area contributed by atoms with Gasteiger partial charge < -0.3 is 0 Å². The van der Waals surface area contributed by atoms with Crippen molar-refractivity contribution in [2.45, 2.75) is 6.92 Å². The van der Waals surface area contributed by atoms with Crippen molar-refractivity contribution in [1.82, 2.24) is 0 Å². The van der Waals surface area contributed by atoms with E-state index in [1.165, 1.54) is 6.92 Å². The van der Waals surface area contributed by atoms with E-state index in [4.69, 9.17) is 0 Å². The van der Waals surface area contributed by atoms with Crippen LogP contribution in [0.15, 0.2) is 17.1 Å². The topological polar surface area (TPSA) is 72.6 Å². The summed E-state index contributed by atoms with van der Waals surface area (Å²) in [6.45, 7) is 1.37. The molecule has 6 heteroatoms. The quantitative estimate of drug-likeness (QED) is 0.314. The van der Waals surface area contributed by atoms with Gasteiger partial charge >= 0.3 is 0 Å². The molecule has 0 fully saturated rings. The van der Waals surface area contributed by atoms with E-state index in [0.717, 1.165) is 18.2 Å². The van der Waals surface area contributed by atoms with Crippen LogP contribution in [0.4, 0.5) is 15.8 Å². The highest BCUT2D eigenvalue weighted by Crippen LogP contribution is 2.31. The number of nitro benzene ring substituents is 1. The third-order valence-electron chi connectivity index (χ3n) is 1.59. The minimum absolute atomic E-state index is 0.115. The maximum Gasteiger partial charge on any atom is 0.298 e. The average molecular weight is 196 g/mol. The standard InChI is InChI=1S/C8H5FN2O3/c1-5-2-6(9)3-7(10-4-12)8(5)11(13)14/h2-3H,1H3. The van der Waals surface area contributed by atoms with Crippen LogP contribution in [0.25, 0.3) is 0 Å². The zero-order chi connectivity index (χ0) is 10.7. The SMILES string of the molecule is Cc1cc(F)cc(N=C=O)c1[N+](=O)[O-]. The average Bonchev–Trinajstić information content (AvgIpc) is 2.01. The molecule has 0 atom stereocenters. The van der Waals surface area contributed by atoms with Gasteiger partial charge in [0.2, 0.25) is 6.08 Å². The first-order valence-electron chi connectivity index (χ1n) is 3.58. The van der Waals surface area contributed by atoms with E-state index in [2.05, 4.69) is 4.99 Å². The second-order valence-corrected chi connectivity index (χ2v) is 2.55. The Balaban J connectivity index is 3.51. The molecule has 1 aromatic rings. The predicted octanol–water partition coefficient (Wildman–Crippen LogP) is 2.01. The highest BCUT2D eigenvalue weighted by molar-refractivity contribution is 5.65. The predicted molar refractivity (Wildman–Crippen MR) is 45.6 cm³/mol. The Bertz CT molecular complexity index is 438. The summed E-state index contributed by atoms with van der Waals surface area (Å²) in [7, 11) is 0. The minimum Gasteiger partial charge on any atom is -0.258 e. The van der Waals surface area contributed by atoms with Crippen LogP contribution in [0.2, 0.25) is 0 Å². The van der Waals surface area contributed by atoms with Gasteiger partial charge in [0, 0.05) is 11.6 Å². The van der Waals surface area contributed by atoms with Gasteiger partial charge in [-0.05, 0) is 13.0 Å². The number of hydrogen-bond acceptors (Lipinski definition) is 4. The monoisotopic (exact) mass is 196 g/mol. The lowest BCUT2D eigenvalue weighted by atomic mass is 10.1. The van der Waals surface area contributed by atoms with Gasteiger partial charge in [0.05, 0.1) is 4.92 Å². The molecular weight excluding hydrogens is 191 g/mol. The summed E-state index contributed by atoms with van der Waals surface area (Å²) < 4.78 is 12.8. The maximum atomic E-state index is 12.8. The molecule has 5 nitrogen and oxygen atoms in total. The molecule has 0 heterocycles. The number of nitrogens with zero attached hydrogens (tertiary/aromatic N) is 2. The lowest BCUT2D eigenvalue weighted by Gasteiger charge is -1.99. The first kappa shape index (κ1) is 10.0. The Morgan fingerprint density at radius 3 is 2.71 bits per heavy atom. The van der Waals surface area contributed by atoms with E-state index in [-0.39, 0.29) is 16.9 Å². The molecule has 0 bridgehead atoms. The van der Waals surface area contributed by atoms with Crippen molar-refractivity contribution in [3.63, 3.8) is 0 Å². The normalized spacial score (nSPS) is 9.29. The summed E-state index contributed by atoms with van der Waals surface area (Å²) in [4.78, 5) is 22.8. The third kappa shape index (κ3) is 1.81. The van der Waals surface area contributed by atoms with Crippen LogP contribution < -0.4 is 0 Å². The molecule has 0 unspecified atom stereocenters. The number of aryl methyl sites for hydroxylation is 1. The van der Waals surface area contributed by atoms with Crippen LogP contribution in [0, 0.1) is 22.9 Å². The number of isocyanates is 1. The second-order valence-electron chi connectivity index (χ2n) is 2.55. The van der Waals surface area contributed by atoms with Gasteiger partial charge in [-0.2, -0.15) is 4.99 Å². The van der Waals surface area contributed by atoms with Gasteiger partial charge in [0.1, 0.15) is 5.82 Å². The van der Waals surface area contributed by atoms with Gasteiger partial charge in [0.25, 0.3) is 5.69 Å². The van der Waals surface area contributed by atoms with E-state index >= 15 is 0 Å². The number of aliphatic imine (C=N–C) groups is 1. The van der Waals surface area contributed by atoms with Crippen LogP contribution in [0.1, 0.15) is 5.56 Å². The molecular formula is C8H5FN2O3. The fourth-order valence-corrected chi connectivity index (χ4v) is 1.09. The lowest BCUT2D eigenvalue weighted by molar-refractivity contribution is -0.384. The zero-order valence-electron chi connectivity index (χ0n) is 7.15. The Kier molecular flexibility index (Phi) is 2.69.